The van der Waals surface area contributed by atoms with Gasteiger partial charge in [0, 0.05) is 48.6 Å². The van der Waals surface area contributed by atoms with Crippen LogP contribution in [-0.4, -0.2) is 37.8 Å². The SMILES string of the molecule is CCn1c(N)nnc1C1CCN(c2nc(C)ccc2-c2ccc(F)nc2)CC1. The lowest BCUT2D eigenvalue weighted by atomic mass is 9.95. The Labute approximate surface area is 163 Å². The van der Waals surface area contributed by atoms with Gasteiger partial charge in [0.1, 0.15) is 11.6 Å². The Morgan fingerprint density at radius 2 is 1.93 bits per heavy atom. The van der Waals surface area contributed by atoms with Crippen molar-refractivity contribution in [2.75, 3.05) is 23.7 Å². The molecule has 0 unspecified atom stereocenters. The van der Waals surface area contributed by atoms with Crippen LogP contribution in [0, 0.1) is 12.9 Å². The zero-order chi connectivity index (χ0) is 19.7. The topological polar surface area (TPSA) is 85.8 Å². The zero-order valence-corrected chi connectivity index (χ0v) is 16.1. The summed E-state index contributed by atoms with van der Waals surface area (Å²) in [6.07, 6.45) is 3.47. The number of hydrogen-bond acceptors (Lipinski definition) is 6. The summed E-state index contributed by atoms with van der Waals surface area (Å²) >= 11 is 0. The number of halogens is 1. The normalized spacial score (nSPS) is 15.2. The molecule has 0 spiro atoms. The largest absolute Gasteiger partial charge is 0.368 e. The van der Waals surface area contributed by atoms with Crippen LogP contribution in [0.1, 0.15) is 37.2 Å². The molecule has 28 heavy (non-hydrogen) atoms. The Morgan fingerprint density at radius 3 is 2.61 bits per heavy atom. The van der Waals surface area contributed by atoms with E-state index in [4.69, 9.17) is 10.7 Å². The van der Waals surface area contributed by atoms with Gasteiger partial charge in [0.15, 0.2) is 0 Å². The molecule has 146 valence electrons. The number of nitrogen functional groups attached to an aromatic ring is 1. The van der Waals surface area contributed by atoms with E-state index in [0.29, 0.717) is 11.9 Å². The van der Waals surface area contributed by atoms with Crippen LogP contribution in [-0.2, 0) is 6.54 Å². The van der Waals surface area contributed by atoms with Gasteiger partial charge in [-0.2, -0.15) is 4.39 Å². The maximum Gasteiger partial charge on any atom is 0.221 e. The first-order chi connectivity index (χ1) is 13.6. The lowest BCUT2D eigenvalue weighted by molar-refractivity contribution is 0.466. The van der Waals surface area contributed by atoms with Gasteiger partial charge in [-0.05, 0) is 51.0 Å². The molecule has 1 saturated heterocycles. The molecular formula is C20H24FN7. The molecule has 0 atom stereocenters. The second kappa shape index (κ2) is 7.53. The molecule has 0 bridgehead atoms. The molecule has 3 aromatic heterocycles. The quantitative estimate of drug-likeness (QED) is 0.699. The minimum atomic E-state index is -0.481. The second-order valence-electron chi connectivity index (χ2n) is 7.12. The molecule has 0 radical (unpaired) electrons. The van der Waals surface area contributed by atoms with E-state index in [9.17, 15) is 4.39 Å². The average Bonchev–Trinajstić information content (AvgIpc) is 3.09. The van der Waals surface area contributed by atoms with Crippen molar-refractivity contribution in [3.63, 3.8) is 0 Å². The van der Waals surface area contributed by atoms with Gasteiger partial charge in [-0.25, -0.2) is 9.97 Å². The van der Waals surface area contributed by atoms with Crippen LogP contribution in [0.15, 0.2) is 30.5 Å². The number of piperidine rings is 1. The molecule has 0 amide bonds. The minimum absolute atomic E-state index is 0.335. The molecule has 4 rings (SSSR count). The summed E-state index contributed by atoms with van der Waals surface area (Å²) in [5.74, 6) is 2.22. The molecule has 3 aromatic rings. The van der Waals surface area contributed by atoms with Crippen molar-refractivity contribution in [2.45, 2.75) is 39.2 Å². The number of pyridine rings is 2. The first-order valence-corrected chi connectivity index (χ1v) is 9.60. The van der Waals surface area contributed by atoms with Crippen molar-refractivity contribution in [3.8, 4) is 11.1 Å². The number of aryl methyl sites for hydroxylation is 1. The van der Waals surface area contributed by atoms with Crippen LogP contribution >= 0.6 is 0 Å². The third-order valence-corrected chi connectivity index (χ3v) is 5.34. The highest BCUT2D eigenvalue weighted by Crippen LogP contribution is 2.34. The van der Waals surface area contributed by atoms with Gasteiger partial charge < -0.3 is 10.6 Å². The highest BCUT2D eigenvalue weighted by atomic mass is 19.1. The Bertz CT molecular complexity index is 959. The molecule has 8 heteroatoms. The van der Waals surface area contributed by atoms with Gasteiger partial charge in [0.2, 0.25) is 11.9 Å². The van der Waals surface area contributed by atoms with Gasteiger partial charge in [-0.1, -0.05) is 0 Å². The van der Waals surface area contributed by atoms with Gasteiger partial charge in [-0.3, -0.25) is 4.57 Å². The van der Waals surface area contributed by atoms with Gasteiger partial charge in [-0.15, -0.1) is 10.2 Å². The van der Waals surface area contributed by atoms with E-state index >= 15 is 0 Å². The zero-order valence-electron chi connectivity index (χ0n) is 16.1. The molecule has 1 fully saturated rings. The summed E-state index contributed by atoms with van der Waals surface area (Å²) in [7, 11) is 0. The molecule has 4 heterocycles. The Balaban J connectivity index is 1.58. The molecule has 0 aromatic carbocycles. The van der Waals surface area contributed by atoms with Gasteiger partial charge in [0.05, 0.1) is 0 Å². The lowest BCUT2D eigenvalue weighted by Gasteiger charge is -2.33. The highest BCUT2D eigenvalue weighted by Gasteiger charge is 2.27. The van der Waals surface area contributed by atoms with E-state index in [2.05, 4.69) is 27.0 Å². The van der Waals surface area contributed by atoms with E-state index in [-0.39, 0.29) is 0 Å². The third kappa shape index (κ3) is 3.42. The number of aromatic nitrogens is 5. The van der Waals surface area contributed by atoms with Gasteiger partial charge >= 0.3 is 0 Å². The van der Waals surface area contributed by atoms with E-state index in [1.165, 1.54) is 6.07 Å². The van der Waals surface area contributed by atoms with E-state index in [1.807, 2.05) is 23.6 Å². The molecule has 0 aliphatic carbocycles. The number of anilines is 2. The molecular weight excluding hydrogens is 357 g/mol. The van der Waals surface area contributed by atoms with E-state index in [0.717, 1.165) is 60.9 Å². The second-order valence-corrected chi connectivity index (χ2v) is 7.12. The minimum Gasteiger partial charge on any atom is -0.368 e. The lowest BCUT2D eigenvalue weighted by Crippen LogP contribution is -2.34. The molecule has 1 aliphatic heterocycles. The summed E-state index contributed by atoms with van der Waals surface area (Å²) in [5, 5.41) is 8.35. The van der Waals surface area contributed by atoms with E-state index < -0.39 is 5.95 Å². The van der Waals surface area contributed by atoms with Crippen molar-refractivity contribution in [3.05, 3.63) is 47.9 Å². The van der Waals surface area contributed by atoms with Crippen LogP contribution in [0.25, 0.3) is 11.1 Å². The smallest absolute Gasteiger partial charge is 0.221 e. The predicted molar refractivity (Wildman–Crippen MR) is 106 cm³/mol. The average molecular weight is 381 g/mol. The molecule has 2 N–H and O–H groups in total. The monoisotopic (exact) mass is 381 g/mol. The van der Waals surface area contributed by atoms with Crippen molar-refractivity contribution in [1.29, 1.82) is 0 Å². The van der Waals surface area contributed by atoms with Crippen LogP contribution in [0.4, 0.5) is 16.2 Å². The fourth-order valence-corrected chi connectivity index (χ4v) is 3.85. The Kier molecular flexibility index (Phi) is 4.93. The Morgan fingerprint density at radius 1 is 1.14 bits per heavy atom. The standard InChI is InChI=1S/C20H24FN7/c1-3-28-18(25-26-20(28)22)14-8-10-27(11-9-14)19-16(6-4-13(2)24-19)15-5-7-17(21)23-12-15/h4-7,12,14H,3,8-11H2,1-2H3,(H2,22,26). The number of hydrogen-bond donors (Lipinski definition) is 1. The summed E-state index contributed by atoms with van der Waals surface area (Å²) in [4.78, 5) is 10.9. The molecule has 1 aliphatic rings. The summed E-state index contributed by atoms with van der Waals surface area (Å²) in [6, 6.07) is 7.14. The van der Waals surface area contributed by atoms with Crippen molar-refractivity contribution >= 4 is 11.8 Å². The molecule has 0 saturated carbocycles. The summed E-state index contributed by atoms with van der Waals surface area (Å²) in [6.45, 7) is 6.53. The van der Waals surface area contributed by atoms with Crippen molar-refractivity contribution < 1.29 is 4.39 Å². The number of nitrogens with zero attached hydrogens (tertiary/aromatic N) is 6. The highest BCUT2D eigenvalue weighted by molar-refractivity contribution is 5.75. The Hall–Kier alpha value is -3.03. The predicted octanol–water partition coefficient (Wildman–Crippen LogP) is 3.17. The summed E-state index contributed by atoms with van der Waals surface area (Å²) in [5.41, 5.74) is 8.71. The van der Waals surface area contributed by atoms with Crippen LogP contribution in [0.3, 0.4) is 0 Å². The molecule has 7 nitrogen and oxygen atoms in total. The van der Waals surface area contributed by atoms with Gasteiger partial charge in [0.25, 0.3) is 0 Å². The fraction of sp³-hybridized carbons (Fsp3) is 0.400. The van der Waals surface area contributed by atoms with Crippen LogP contribution in [0.2, 0.25) is 0 Å². The van der Waals surface area contributed by atoms with Crippen molar-refractivity contribution in [2.24, 2.45) is 0 Å². The summed E-state index contributed by atoms with van der Waals surface area (Å²) < 4.78 is 15.2. The third-order valence-electron chi connectivity index (χ3n) is 5.34. The number of rotatable bonds is 4. The first-order valence-electron chi connectivity index (χ1n) is 9.60. The number of nitrogens with two attached hydrogens (primary N) is 1. The van der Waals surface area contributed by atoms with Crippen molar-refractivity contribution in [1.82, 2.24) is 24.7 Å². The van der Waals surface area contributed by atoms with E-state index in [1.54, 1.807) is 12.3 Å². The first kappa shape index (κ1) is 18.3. The maximum absolute atomic E-state index is 13.2. The maximum atomic E-state index is 13.2. The fourth-order valence-electron chi connectivity index (χ4n) is 3.85. The van der Waals surface area contributed by atoms with Crippen LogP contribution < -0.4 is 10.6 Å². The van der Waals surface area contributed by atoms with Crippen LogP contribution in [0.5, 0.6) is 0 Å².